The van der Waals surface area contributed by atoms with Gasteiger partial charge < -0.3 is 10.1 Å². The van der Waals surface area contributed by atoms with Crippen LogP contribution in [0.3, 0.4) is 0 Å². The molecule has 6 heteroatoms. The molecule has 3 amide bonds. The number of carbonyl (C=O) groups excluding carboxylic acids is 2. The van der Waals surface area contributed by atoms with Crippen LogP contribution in [0.25, 0.3) is 0 Å². The van der Waals surface area contributed by atoms with Crippen molar-refractivity contribution in [2.75, 3.05) is 30.4 Å². The second-order valence-corrected chi connectivity index (χ2v) is 4.61. The van der Waals surface area contributed by atoms with Crippen LogP contribution in [0.15, 0.2) is 12.1 Å². The number of nitrogens with one attached hydrogen (secondary N) is 2. The van der Waals surface area contributed by atoms with Crippen LogP contribution in [0.5, 0.6) is 5.75 Å². The standard InChI is InChI=1S/C13H15N3O3/c1-19-11-6-8-2-4-14-9(8)7-10(11)16-5-3-12(17)15-13(16)18/h6-7,14H,2-5H2,1H3,(H,15,17,18). The van der Waals surface area contributed by atoms with Gasteiger partial charge in [0, 0.05) is 25.2 Å². The van der Waals surface area contributed by atoms with E-state index < -0.39 is 6.03 Å². The summed E-state index contributed by atoms with van der Waals surface area (Å²) < 4.78 is 5.36. The molecule has 1 aromatic rings. The minimum atomic E-state index is -0.396. The Labute approximate surface area is 110 Å². The summed E-state index contributed by atoms with van der Waals surface area (Å²) in [5.41, 5.74) is 2.91. The maximum atomic E-state index is 11.9. The molecular weight excluding hydrogens is 246 g/mol. The zero-order valence-corrected chi connectivity index (χ0v) is 10.7. The van der Waals surface area contributed by atoms with E-state index in [4.69, 9.17) is 4.74 Å². The number of imide groups is 1. The molecule has 2 N–H and O–H groups in total. The molecule has 2 heterocycles. The first-order chi connectivity index (χ1) is 9.19. The van der Waals surface area contributed by atoms with E-state index in [2.05, 4.69) is 10.6 Å². The number of nitrogens with zero attached hydrogens (tertiary/aromatic N) is 1. The second kappa shape index (κ2) is 4.46. The lowest BCUT2D eigenvalue weighted by atomic mass is 10.1. The number of urea groups is 1. The largest absolute Gasteiger partial charge is 0.495 e. The van der Waals surface area contributed by atoms with E-state index in [-0.39, 0.29) is 5.91 Å². The number of methoxy groups -OCH3 is 1. The lowest BCUT2D eigenvalue weighted by Gasteiger charge is -2.28. The second-order valence-electron chi connectivity index (χ2n) is 4.61. The van der Waals surface area contributed by atoms with Gasteiger partial charge in [0.1, 0.15) is 5.75 Å². The summed E-state index contributed by atoms with van der Waals surface area (Å²) in [6.45, 7) is 1.27. The van der Waals surface area contributed by atoms with Crippen LogP contribution in [0.1, 0.15) is 12.0 Å². The minimum absolute atomic E-state index is 0.237. The molecule has 1 saturated heterocycles. The SMILES string of the molecule is COc1cc2c(cc1N1CCC(=O)NC1=O)NCC2. The lowest BCUT2D eigenvalue weighted by molar-refractivity contribution is -0.120. The van der Waals surface area contributed by atoms with Gasteiger partial charge >= 0.3 is 6.03 Å². The van der Waals surface area contributed by atoms with Crippen molar-refractivity contribution in [1.29, 1.82) is 0 Å². The van der Waals surface area contributed by atoms with E-state index >= 15 is 0 Å². The van der Waals surface area contributed by atoms with E-state index in [1.807, 2.05) is 12.1 Å². The fraction of sp³-hybridized carbons (Fsp3) is 0.385. The molecular formula is C13H15N3O3. The Hall–Kier alpha value is -2.24. The van der Waals surface area contributed by atoms with Crippen LogP contribution in [0.4, 0.5) is 16.2 Å². The molecule has 0 spiro atoms. The van der Waals surface area contributed by atoms with E-state index in [0.29, 0.717) is 24.4 Å². The van der Waals surface area contributed by atoms with Crippen molar-refractivity contribution >= 4 is 23.3 Å². The maximum absolute atomic E-state index is 11.9. The molecule has 0 unspecified atom stereocenters. The summed E-state index contributed by atoms with van der Waals surface area (Å²) in [6.07, 6.45) is 1.26. The molecule has 0 atom stereocenters. The normalized spacial score (nSPS) is 17.8. The molecule has 1 aromatic carbocycles. The molecule has 0 bridgehead atoms. The zero-order chi connectivity index (χ0) is 13.4. The first kappa shape index (κ1) is 11.8. The van der Waals surface area contributed by atoms with Crippen molar-refractivity contribution in [2.24, 2.45) is 0 Å². The molecule has 2 aliphatic rings. The van der Waals surface area contributed by atoms with Crippen LogP contribution in [0.2, 0.25) is 0 Å². The molecule has 3 rings (SSSR count). The van der Waals surface area contributed by atoms with E-state index in [1.165, 1.54) is 5.56 Å². The van der Waals surface area contributed by atoms with Crippen LogP contribution in [0, 0.1) is 0 Å². The fourth-order valence-corrected chi connectivity index (χ4v) is 2.48. The summed E-state index contributed by atoms with van der Waals surface area (Å²) in [4.78, 5) is 24.6. The molecule has 0 aromatic heterocycles. The number of rotatable bonds is 2. The first-order valence-electron chi connectivity index (χ1n) is 6.25. The smallest absolute Gasteiger partial charge is 0.328 e. The van der Waals surface area contributed by atoms with Crippen LogP contribution in [-0.2, 0) is 11.2 Å². The predicted octanol–water partition coefficient (Wildman–Crippen LogP) is 1.11. The number of amides is 3. The Bertz CT molecular complexity index is 556. The molecule has 6 nitrogen and oxygen atoms in total. The number of benzene rings is 1. The average molecular weight is 261 g/mol. The topological polar surface area (TPSA) is 70.7 Å². The Morgan fingerprint density at radius 3 is 2.84 bits per heavy atom. The Morgan fingerprint density at radius 2 is 2.11 bits per heavy atom. The summed E-state index contributed by atoms with van der Waals surface area (Å²) >= 11 is 0. The highest BCUT2D eigenvalue weighted by Crippen LogP contribution is 2.37. The van der Waals surface area contributed by atoms with Gasteiger partial charge in [0.25, 0.3) is 0 Å². The van der Waals surface area contributed by atoms with Gasteiger partial charge in [0.2, 0.25) is 5.91 Å². The monoisotopic (exact) mass is 261 g/mol. The molecule has 1 fully saturated rings. The van der Waals surface area contributed by atoms with Gasteiger partial charge in [-0.2, -0.15) is 0 Å². The third kappa shape index (κ3) is 1.99. The molecule has 0 radical (unpaired) electrons. The Morgan fingerprint density at radius 1 is 1.26 bits per heavy atom. The number of ether oxygens (including phenoxy) is 1. The third-order valence-electron chi connectivity index (χ3n) is 3.46. The highest BCUT2D eigenvalue weighted by Gasteiger charge is 2.28. The fourth-order valence-electron chi connectivity index (χ4n) is 2.48. The van der Waals surface area contributed by atoms with Crippen molar-refractivity contribution in [1.82, 2.24) is 5.32 Å². The zero-order valence-electron chi connectivity index (χ0n) is 10.7. The van der Waals surface area contributed by atoms with Gasteiger partial charge in [-0.25, -0.2) is 4.79 Å². The number of fused-ring (bicyclic) bond motifs is 1. The summed E-state index contributed by atoms with van der Waals surface area (Å²) in [5, 5.41) is 5.59. The van der Waals surface area contributed by atoms with Crippen molar-refractivity contribution < 1.29 is 14.3 Å². The van der Waals surface area contributed by atoms with Gasteiger partial charge in [-0.1, -0.05) is 0 Å². The van der Waals surface area contributed by atoms with Gasteiger partial charge in [-0.05, 0) is 24.1 Å². The first-order valence-corrected chi connectivity index (χ1v) is 6.25. The average Bonchev–Trinajstić information content (AvgIpc) is 2.84. The summed E-state index contributed by atoms with van der Waals surface area (Å²) in [7, 11) is 1.58. The molecule has 2 aliphatic heterocycles. The van der Waals surface area contributed by atoms with Crippen molar-refractivity contribution in [3.05, 3.63) is 17.7 Å². The number of hydrogen-bond donors (Lipinski definition) is 2. The van der Waals surface area contributed by atoms with Crippen molar-refractivity contribution in [3.8, 4) is 5.75 Å². The Kier molecular flexibility index (Phi) is 2.77. The van der Waals surface area contributed by atoms with E-state index in [9.17, 15) is 9.59 Å². The quantitative estimate of drug-likeness (QED) is 0.836. The van der Waals surface area contributed by atoms with Gasteiger partial charge in [0.05, 0.1) is 12.8 Å². The van der Waals surface area contributed by atoms with Gasteiger partial charge in [-0.15, -0.1) is 0 Å². The van der Waals surface area contributed by atoms with Gasteiger partial charge in [-0.3, -0.25) is 15.0 Å². The number of hydrogen-bond acceptors (Lipinski definition) is 4. The molecule has 0 saturated carbocycles. The predicted molar refractivity (Wildman–Crippen MR) is 70.7 cm³/mol. The van der Waals surface area contributed by atoms with Crippen molar-refractivity contribution in [3.63, 3.8) is 0 Å². The molecule has 0 aliphatic carbocycles. The third-order valence-corrected chi connectivity index (χ3v) is 3.46. The maximum Gasteiger partial charge on any atom is 0.328 e. The van der Waals surface area contributed by atoms with E-state index in [0.717, 1.165) is 18.7 Å². The molecule has 100 valence electrons. The molecule has 19 heavy (non-hydrogen) atoms. The van der Waals surface area contributed by atoms with Crippen LogP contribution in [-0.4, -0.2) is 32.1 Å². The Balaban J connectivity index is 1.99. The summed E-state index contributed by atoms with van der Waals surface area (Å²) in [5.74, 6) is 0.423. The van der Waals surface area contributed by atoms with Crippen LogP contribution >= 0.6 is 0 Å². The summed E-state index contributed by atoms with van der Waals surface area (Å²) in [6, 6.07) is 3.47. The van der Waals surface area contributed by atoms with E-state index in [1.54, 1.807) is 12.0 Å². The number of carbonyl (C=O) groups is 2. The number of anilines is 2. The highest BCUT2D eigenvalue weighted by molar-refractivity contribution is 6.06. The van der Waals surface area contributed by atoms with Crippen molar-refractivity contribution in [2.45, 2.75) is 12.8 Å². The minimum Gasteiger partial charge on any atom is -0.495 e. The van der Waals surface area contributed by atoms with Gasteiger partial charge in [0.15, 0.2) is 0 Å². The highest BCUT2D eigenvalue weighted by atomic mass is 16.5. The lowest BCUT2D eigenvalue weighted by Crippen LogP contribution is -2.49. The van der Waals surface area contributed by atoms with Crippen LogP contribution < -0.4 is 20.3 Å².